The van der Waals surface area contributed by atoms with Crippen molar-refractivity contribution in [2.24, 2.45) is 0 Å². The van der Waals surface area contributed by atoms with Gasteiger partial charge in [0.25, 0.3) is 5.91 Å². The van der Waals surface area contributed by atoms with Crippen molar-refractivity contribution < 1.29 is 9.18 Å². The Morgan fingerprint density at radius 3 is 2.54 bits per heavy atom. The van der Waals surface area contributed by atoms with Gasteiger partial charge in [-0.25, -0.2) is 4.39 Å². The van der Waals surface area contributed by atoms with Crippen LogP contribution in [0.5, 0.6) is 0 Å². The molecule has 0 fully saturated rings. The number of amides is 1. The Bertz CT molecular complexity index is 914. The van der Waals surface area contributed by atoms with Crippen molar-refractivity contribution in [2.45, 2.75) is 13.5 Å². The highest BCUT2D eigenvalue weighted by atomic mass is 35.5. The third-order valence-corrected chi connectivity index (χ3v) is 3.96. The minimum atomic E-state index is -0.354. The van der Waals surface area contributed by atoms with Crippen LogP contribution in [0.2, 0.25) is 5.02 Å². The average molecular weight is 371 g/mol. The lowest BCUT2D eigenvalue weighted by Gasteiger charge is -2.09. The van der Waals surface area contributed by atoms with Crippen molar-refractivity contribution in [2.75, 3.05) is 5.32 Å². The Morgan fingerprint density at radius 2 is 1.85 bits per heavy atom. The third kappa shape index (κ3) is 4.55. The van der Waals surface area contributed by atoms with E-state index in [9.17, 15) is 9.18 Å². The van der Waals surface area contributed by atoms with E-state index in [2.05, 4.69) is 20.8 Å². The summed E-state index contributed by atoms with van der Waals surface area (Å²) in [5, 5.41) is 14.4. The number of anilines is 2. The van der Waals surface area contributed by atoms with Gasteiger partial charge < -0.3 is 10.6 Å². The van der Waals surface area contributed by atoms with Crippen LogP contribution in [0.15, 0.2) is 54.6 Å². The number of nitrogens with zero attached hydrogens (tertiary/aromatic N) is 2. The summed E-state index contributed by atoms with van der Waals surface area (Å²) in [6, 6.07) is 14.7. The summed E-state index contributed by atoms with van der Waals surface area (Å²) in [6.07, 6.45) is 0. The van der Waals surface area contributed by atoms with Gasteiger partial charge >= 0.3 is 0 Å². The molecular weight excluding hydrogens is 355 g/mol. The molecule has 7 heteroatoms. The molecule has 0 bridgehead atoms. The van der Waals surface area contributed by atoms with Crippen LogP contribution in [0.4, 0.5) is 15.9 Å². The van der Waals surface area contributed by atoms with Gasteiger partial charge in [0.2, 0.25) is 0 Å². The van der Waals surface area contributed by atoms with Gasteiger partial charge in [-0.05, 0) is 54.4 Å². The zero-order chi connectivity index (χ0) is 18.5. The van der Waals surface area contributed by atoms with Crippen LogP contribution < -0.4 is 10.6 Å². The highest BCUT2D eigenvalue weighted by Crippen LogP contribution is 2.23. The van der Waals surface area contributed by atoms with Crippen LogP contribution in [-0.4, -0.2) is 16.1 Å². The van der Waals surface area contributed by atoms with Gasteiger partial charge in [0.1, 0.15) is 5.82 Å². The fourth-order valence-corrected chi connectivity index (χ4v) is 2.43. The second-order valence-corrected chi connectivity index (χ2v) is 6.13. The van der Waals surface area contributed by atoms with Gasteiger partial charge in [-0.1, -0.05) is 29.8 Å². The number of hydrogen-bond donors (Lipinski definition) is 2. The molecule has 0 radical (unpaired) electrons. The van der Waals surface area contributed by atoms with Crippen LogP contribution in [0, 0.1) is 12.7 Å². The van der Waals surface area contributed by atoms with E-state index in [1.807, 2.05) is 19.1 Å². The molecule has 0 aliphatic carbocycles. The molecule has 1 aromatic heterocycles. The quantitative estimate of drug-likeness (QED) is 0.704. The molecule has 0 atom stereocenters. The van der Waals surface area contributed by atoms with E-state index in [4.69, 9.17) is 11.6 Å². The van der Waals surface area contributed by atoms with Crippen LogP contribution in [0.3, 0.4) is 0 Å². The lowest BCUT2D eigenvalue weighted by molar-refractivity contribution is 0.0945. The first-order valence-corrected chi connectivity index (χ1v) is 8.28. The second kappa shape index (κ2) is 7.93. The van der Waals surface area contributed by atoms with Crippen molar-refractivity contribution in [3.63, 3.8) is 0 Å². The summed E-state index contributed by atoms with van der Waals surface area (Å²) >= 11 is 5.99. The van der Waals surface area contributed by atoms with E-state index >= 15 is 0 Å². The molecule has 0 aliphatic rings. The van der Waals surface area contributed by atoms with Gasteiger partial charge in [-0.2, -0.15) is 0 Å². The van der Waals surface area contributed by atoms with Crippen molar-refractivity contribution in [1.82, 2.24) is 15.5 Å². The normalized spacial score (nSPS) is 10.4. The second-order valence-electron chi connectivity index (χ2n) is 5.70. The first-order valence-electron chi connectivity index (χ1n) is 7.91. The minimum Gasteiger partial charge on any atom is -0.347 e. The lowest BCUT2D eigenvalue weighted by atomic mass is 10.2. The molecule has 0 aliphatic heterocycles. The van der Waals surface area contributed by atoms with Crippen molar-refractivity contribution >= 4 is 29.0 Å². The molecule has 3 aromatic rings. The monoisotopic (exact) mass is 370 g/mol. The summed E-state index contributed by atoms with van der Waals surface area (Å²) in [6.45, 7) is 2.23. The molecule has 3 rings (SSSR count). The summed E-state index contributed by atoms with van der Waals surface area (Å²) in [5.74, 6) is -0.165. The molecule has 0 saturated carbocycles. The van der Waals surface area contributed by atoms with Gasteiger partial charge in [0.05, 0.1) is 0 Å². The van der Waals surface area contributed by atoms with E-state index in [1.165, 1.54) is 12.1 Å². The zero-order valence-electron chi connectivity index (χ0n) is 14.0. The largest absolute Gasteiger partial charge is 0.347 e. The highest BCUT2D eigenvalue weighted by Gasteiger charge is 2.09. The Kier molecular flexibility index (Phi) is 5.43. The SMILES string of the molecule is Cc1ccc(Cl)cc1Nc1ccc(C(=O)NCc2ccc(F)cc2)nn1. The number of hydrogen-bond acceptors (Lipinski definition) is 4. The lowest BCUT2D eigenvalue weighted by Crippen LogP contribution is -2.24. The smallest absolute Gasteiger partial charge is 0.272 e. The van der Waals surface area contributed by atoms with Gasteiger partial charge in [-0.3, -0.25) is 4.79 Å². The number of benzene rings is 2. The van der Waals surface area contributed by atoms with Crippen LogP contribution in [0.1, 0.15) is 21.6 Å². The molecule has 1 amide bonds. The van der Waals surface area contributed by atoms with E-state index in [0.29, 0.717) is 10.8 Å². The first kappa shape index (κ1) is 17.8. The number of aryl methyl sites for hydroxylation is 1. The first-order chi connectivity index (χ1) is 12.5. The molecular formula is C19H16ClFN4O. The van der Waals surface area contributed by atoms with Crippen LogP contribution >= 0.6 is 11.6 Å². The minimum absolute atomic E-state index is 0.195. The maximum Gasteiger partial charge on any atom is 0.272 e. The Labute approximate surface area is 155 Å². The molecule has 5 nitrogen and oxygen atoms in total. The molecule has 0 saturated heterocycles. The van der Waals surface area contributed by atoms with Crippen LogP contribution in [0.25, 0.3) is 0 Å². The summed E-state index contributed by atoms with van der Waals surface area (Å²) in [5.41, 5.74) is 2.82. The molecule has 26 heavy (non-hydrogen) atoms. The predicted molar refractivity (Wildman–Crippen MR) is 99.1 cm³/mol. The predicted octanol–water partition coefficient (Wildman–Crippen LogP) is 4.25. The van der Waals surface area contributed by atoms with E-state index in [1.54, 1.807) is 30.3 Å². The average Bonchev–Trinajstić information content (AvgIpc) is 2.64. The highest BCUT2D eigenvalue weighted by molar-refractivity contribution is 6.30. The van der Waals surface area contributed by atoms with Crippen molar-refractivity contribution in [3.8, 4) is 0 Å². The van der Waals surface area contributed by atoms with E-state index in [-0.39, 0.29) is 24.0 Å². The fourth-order valence-electron chi connectivity index (χ4n) is 2.26. The number of rotatable bonds is 5. The number of carbonyl (C=O) groups is 1. The summed E-state index contributed by atoms with van der Waals surface area (Å²) in [4.78, 5) is 12.1. The molecule has 1 heterocycles. The van der Waals surface area contributed by atoms with Crippen LogP contribution in [-0.2, 0) is 6.54 Å². The number of aromatic nitrogens is 2. The topological polar surface area (TPSA) is 66.9 Å². The van der Waals surface area contributed by atoms with E-state index in [0.717, 1.165) is 16.8 Å². The molecule has 2 aromatic carbocycles. The third-order valence-electron chi connectivity index (χ3n) is 3.73. The number of halogens is 2. The fraction of sp³-hybridized carbons (Fsp3) is 0.105. The van der Waals surface area contributed by atoms with E-state index < -0.39 is 0 Å². The van der Waals surface area contributed by atoms with Gasteiger partial charge in [0.15, 0.2) is 11.5 Å². The summed E-state index contributed by atoms with van der Waals surface area (Å²) < 4.78 is 12.9. The van der Waals surface area contributed by atoms with Crippen molar-refractivity contribution in [3.05, 3.63) is 82.3 Å². The number of nitrogens with one attached hydrogen (secondary N) is 2. The molecule has 0 unspecified atom stereocenters. The Balaban J connectivity index is 1.62. The molecule has 132 valence electrons. The Morgan fingerprint density at radius 1 is 1.08 bits per heavy atom. The zero-order valence-corrected chi connectivity index (χ0v) is 14.7. The van der Waals surface area contributed by atoms with Crippen molar-refractivity contribution in [1.29, 1.82) is 0 Å². The maximum atomic E-state index is 12.9. The maximum absolute atomic E-state index is 12.9. The molecule has 2 N–H and O–H groups in total. The molecule has 0 spiro atoms. The van der Waals surface area contributed by atoms with Gasteiger partial charge in [-0.15, -0.1) is 10.2 Å². The van der Waals surface area contributed by atoms with Gasteiger partial charge in [0, 0.05) is 17.3 Å². The standard InChI is InChI=1S/C19H16ClFN4O/c1-12-2-5-14(20)10-17(12)23-18-9-8-16(24-25-18)19(26)22-11-13-3-6-15(21)7-4-13/h2-10H,11H2,1H3,(H,22,26)(H,23,25). The Hall–Kier alpha value is -2.99. The summed E-state index contributed by atoms with van der Waals surface area (Å²) in [7, 11) is 0. The number of carbonyl (C=O) groups excluding carboxylic acids is 1.